The van der Waals surface area contributed by atoms with Crippen molar-refractivity contribution in [3.63, 3.8) is 0 Å². The van der Waals surface area contributed by atoms with Crippen LogP contribution in [0.4, 0.5) is 5.69 Å². The standard InChI is InChI=1S/C16H23NO3S/c1-12(2)17(14-8-6-5-7-9-14)15(18)11-21-10-13(3)16(19)20-4/h5-9,12-13H,10-11H2,1-4H3. The summed E-state index contributed by atoms with van der Waals surface area (Å²) < 4.78 is 4.68. The van der Waals surface area contributed by atoms with Crippen molar-refractivity contribution in [3.05, 3.63) is 30.3 Å². The molecule has 1 unspecified atom stereocenters. The third-order valence-corrected chi connectivity index (χ3v) is 4.20. The number of carbonyl (C=O) groups excluding carboxylic acids is 2. The van der Waals surface area contributed by atoms with E-state index in [0.717, 1.165) is 5.69 Å². The molecule has 5 heteroatoms. The van der Waals surface area contributed by atoms with Crippen molar-refractivity contribution in [2.45, 2.75) is 26.8 Å². The van der Waals surface area contributed by atoms with Crippen molar-refractivity contribution in [2.75, 3.05) is 23.5 Å². The Morgan fingerprint density at radius 1 is 1.19 bits per heavy atom. The molecular weight excluding hydrogens is 286 g/mol. The third kappa shape index (κ3) is 5.42. The SMILES string of the molecule is COC(=O)C(C)CSCC(=O)N(c1ccccc1)C(C)C. The molecule has 0 N–H and O–H groups in total. The molecule has 0 bridgehead atoms. The van der Waals surface area contributed by atoms with Gasteiger partial charge in [0.1, 0.15) is 0 Å². The fourth-order valence-corrected chi connectivity index (χ4v) is 2.90. The van der Waals surface area contributed by atoms with Gasteiger partial charge in [0.15, 0.2) is 0 Å². The van der Waals surface area contributed by atoms with Crippen molar-refractivity contribution in [1.29, 1.82) is 0 Å². The molecule has 4 nitrogen and oxygen atoms in total. The molecule has 0 aromatic heterocycles. The molecule has 0 heterocycles. The number of nitrogens with zero attached hydrogens (tertiary/aromatic N) is 1. The van der Waals surface area contributed by atoms with Crippen LogP contribution in [0.25, 0.3) is 0 Å². The molecular formula is C16H23NO3S. The van der Waals surface area contributed by atoms with Crippen LogP contribution < -0.4 is 4.90 Å². The Balaban J connectivity index is 2.57. The fourth-order valence-electron chi connectivity index (χ4n) is 1.98. The second-order valence-corrected chi connectivity index (χ2v) is 6.16. The van der Waals surface area contributed by atoms with Gasteiger partial charge >= 0.3 is 5.97 Å². The lowest BCUT2D eigenvalue weighted by Crippen LogP contribution is -2.38. The molecule has 0 saturated carbocycles. The summed E-state index contributed by atoms with van der Waals surface area (Å²) in [5.74, 6) is 0.558. The van der Waals surface area contributed by atoms with Crippen LogP contribution in [0.3, 0.4) is 0 Å². The molecule has 1 atom stereocenters. The van der Waals surface area contributed by atoms with Gasteiger partial charge in [-0.3, -0.25) is 9.59 Å². The average Bonchev–Trinajstić information content (AvgIpc) is 2.47. The van der Waals surface area contributed by atoms with Gasteiger partial charge in [0.2, 0.25) is 5.91 Å². The second kappa shape index (κ2) is 8.72. The smallest absolute Gasteiger partial charge is 0.309 e. The maximum atomic E-state index is 12.4. The lowest BCUT2D eigenvalue weighted by atomic mass is 10.2. The molecule has 0 spiro atoms. The highest BCUT2D eigenvalue weighted by molar-refractivity contribution is 8.00. The van der Waals surface area contributed by atoms with E-state index in [0.29, 0.717) is 11.5 Å². The highest BCUT2D eigenvalue weighted by atomic mass is 32.2. The summed E-state index contributed by atoms with van der Waals surface area (Å²) in [5.41, 5.74) is 0.902. The summed E-state index contributed by atoms with van der Waals surface area (Å²) in [6.45, 7) is 5.79. The van der Waals surface area contributed by atoms with E-state index in [2.05, 4.69) is 4.74 Å². The molecule has 116 valence electrons. The number of hydrogen-bond donors (Lipinski definition) is 0. The van der Waals surface area contributed by atoms with E-state index in [4.69, 9.17) is 0 Å². The molecule has 21 heavy (non-hydrogen) atoms. The van der Waals surface area contributed by atoms with E-state index in [-0.39, 0.29) is 23.8 Å². The Hall–Kier alpha value is -1.49. The molecule has 1 aromatic rings. The van der Waals surface area contributed by atoms with Crippen LogP contribution in [0.5, 0.6) is 0 Å². The van der Waals surface area contributed by atoms with Crippen LogP contribution >= 0.6 is 11.8 Å². The van der Waals surface area contributed by atoms with Crippen molar-refractivity contribution >= 4 is 29.3 Å². The van der Waals surface area contributed by atoms with Gasteiger partial charge in [0.05, 0.1) is 18.8 Å². The molecule has 0 aliphatic carbocycles. The van der Waals surface area contributed by atoms with Crippen molar-refractivity contribution in [1.82, 2.24) is 0 Å². The van der Waals surface area contributed by atoms with Crippen LogP contribution in [0.1, 0.15) is 20.8 Å². The van der Waals surface area contributed by atoms with E-state index in [1.165, 1.54) is 18.9 Å². The Kier molecular flexibility index (Phi) is 7.29. The molecule has 0 fully saturated rings. The first-order valence-corrected chi connectivity index (χ1v) is 8.15. The number of methoxy groups -OCH3 is 1. The van der Waals surface area contributed by atoms with Gasteiger partial charge in [-0.15, -0.1) is 0 Å². The first-order valence-electron chi connectivity index (χ1n) is 7.00. The minimum absolute atomic E-state index is 0.0539. The zero-order valence-corrected chi connectivity index (χ0v) is 13.9. The van der Waals surface area contributed by atoms with Gasteiger partial charge in [-0.2, -0.15) is 11.8 Å². The van der Waals surface area contributed by atoms with Crippen LogP contribution in [-0.2, 0) is 14.3 Å². The van der Waals surface area contributed by atoms with Gasteiger partial charge < -0.3 is 9.64 Å². The zero-order valence-electron chi connectivity index (χ0n) is 13.0. The first-order chi connectivity index (χ1) is 9.97. The topological polar surface area (TPSA) is 46.6 Å². The summed E-state index contributed by atoms with van der Waals surface area (Å²) in [5, 5.41) is 0. The van der Waals surface area contributed by atoms with Crippen molar-refractivity contribution in [2.24, 2.45) is 5.92 Å². The third-order valence-electron chi connectivity index (χ3n) is 3.02. The monoisotopic (exact) mass is 309 g/mol. The Labute approximate surface area is 130 Å². The molecule has 1 rings (SSSR count). The second-order valence-electron chi connectivity index (χ2n) is 5.13. The fraction of sp³-hybridized carbons (Fsp3) is 0.500. The highest BCUT2D eigenvalue weighted by Crippen LogP contribution is 2.19. The Morgan fingerprint density at radius 2 is 1.81 bits per heavy atom. The van der Waals surface area contributed by atoms with E-state index in [1.54, 1.807) is 11.8 Å². The van der Waals surface area contributed by atoms with Gasteiger partial charge in [-0.1, -0.05) is 25.1 Å². The van der Waals surface area contributed by atoms with Gasteiger partial charge in [0, 0.05) is 17.5 Å². The number of para-hydroxylation sites is 1. The summed E-state index contributed by atoms with van der Waals surface area (Å²) >= 11 is 1.46. The molecule has 0 aliphatic rings. The molecule has 0 radical (unpaired) electrons. The van der Waals surface area contributed by atoms with Crippen molar-refractivity contribution < 1.29 is 14.3 Å². The van der Waals surface area contributed by atoms with Crippen molar-refractivity contribution in [3.8, 4) is 0 Å². The average molecular weight is 309 g/mol. The predicted molar refractivity (Wildman–Crippen MR) is 87.6 cm³/mol. The normalized spacial score (nSPS) is 12.0. The summed E-state index contributed by atoms with van der Waals surface area (Å²) in [6.07, 6.45) is 0. The lowest BCUT2D eigenvalue weighted by Gasteiger charge is -2.27. The van der Waals surface area contributed by atoms with Crippen LogP contribution in [0, 0.1) is 5.92 Å². The maximum absolute atomic E-state index is 12.4. The summed E-state index contributed by atoms with van der Waals surface area (Å²) in [6, 6.07) is 9.73. The molecule has 0 saturated heterocycles. The van der Waals surface area contributed by atoms with E-state index in [9.17, 15) is 9.59 Å². The van der Waals surface area contributed by atoms with Gasteiger partial charge in [-0.05, 0) is 26.0 Å². The number of ether oxygens (including phenoxy) is 1. The zero-order chi connectivity index (χ0) is 15.8. The molecule has 0 aliphatic heterocycles. The molecule has 1 aromatic carbocycles. The van der Waals surface area contributed by atoms with E-state index < -0.39 is 0 Å². The van der Waals surface area contributed by atoms with Gasteiger partial charge in [0.25, 0.3) is 0 Å². The summed E-state index contributed by atoms with van der Waals surface area (Å²) in [4.78, 5) is 25.5. The number of thioether (sulfide) groups is 1. The number of rotatable bonds is 7. The lowest BCUT2D eigenvalue weighted by molar-refractivity contribution is -0.144. The van der Waals surface area contributed by atoms with Gasteiger partial charge in [-0.25, -0.2) is 0 Å². The summed E-state index contributed by atoms with van der Waals surface area (Å²) in [7, 11) is 1.38. The number of benzene rings is 1. The number of amides is 1. The quantitative estimate of drug-likeness (QED) is 0.727. The highest BCUT2D eigenvalue weighted by Gasteiger charge is 2.20. The number of anilines is 1. The number of hydrogen-bond acceptors (Lipinski definition) is 4. The minimum atomic E-state index is -0.237. The maximum Gasteiger partial charge on any atom is 0.309 e. The van der Waals surface area contributed by atoms with Crippen LogP contribution in [0.15, 0.2) is 30.3 Å². The Morgan fingerprint density at radius 3 is 2.33 bits per heavy atom. The largest absolute Gasteiger partial charge is 0.469 e. The van der Waals surface area contributed by atoms with Crippen LogP contribution in [0.2, 0.25) is 0 Å². The first kappa shape index (κ1) is 17.6. The van der Waals surface area contributed by atoms with E-state index in [1.807, 2.05) is 44.2 Å². The van der Waals surface area contributed by atoms with E-state index >= 15 is 0 Å². The Bertz CT molecular complexity index is 462. The number of carbonyl (C=O) groups is 2. The van der Waals surface area contributed by atoms with Crippen LogP contribution in [-0.4, -0.2) is 36.5 Å². The molecule has 1 amide bonds. The number of esters is 1. The minimum Gasteiger partial charge on any atom is -0.469 e. The predicted octanol–water partition coefficient (Wildman–Crippen LogP) is 2.97.